The van der Waals surface area contributed by atoms with Crippen LogP contribution in [0.3, 0.4) is 0 Å². The highest BCUT2D eigenvalue weighted by Gasteiger charge is 2.22. The van der Waals surface area contributed by atoms with Crippen LogP contribution in [0.5, 0.6) is 5.75 Å². The highest BCUT2D eigenvalue weighted by molar-refractivity contribution is 5.98. The Kier molecular flexibility index (Phi) is 4.70. The molecule has 1 aromatic carbocycles. The van der Waals surface area contributed by atoms with Gasteiger partial charge in [0.2, 0.25) is 5.95 Å². The number of anilines is 1. The fraction of sp³-hybridized carbons (Fsp3) is 0.440. The first-order chi connectivity index (χ1) is 15.7. The SMILES string of the molecule is Cn1cc(-c2cc3[nH]c(N4CCCCC4)nc3cc2OCC2CCC2)c2cc[nH]c2c1=O. The van der Waals surface area contributed by atoms with Crippen LogP contribution in [0.25, 0.3) is 33.1 Å². The zero-order valence-electron chi connectivity index (χ0n) is 18.5. The molecule has 1 saturated carbocycles. The second-order valence-corrected chi connectivity index (χ2v) is 9.31. The second-order valence-electron chi connectivity index (χ2n) is 9.31. The molecule has 4 heterocycles. The number of aromatic amines is 2. The first-order valence-electron chi connectivity index (χ1n) is 11.8. The second kappa shape index (κ2) is 7.73. The van der Waals surface area contributed by atoms with Gasteiger partial charge in [0.25, 0.3) is 5.56 Å². The van der Waals surface area contributed by atoms with Crippen molar-refractivity contribution in [2.75, 3.05) is 24.6 Å². The summed E-state index contributed by atoms with van der Waals surface area (Å²) in [6, 6.07) is 6.17. The number of imidazole rings is 1. The van der Waals surface area contributed by atoms with Crippen LogP contribution in [-0.4, -0.2) is 39.2 Å². The van der Waals surface area contributed by atoms with Gasteiger partial charge in [0.15, 0.2) is 0 Å². The van der Waals surface area contributed by atoms with Gasteiger partial charge in [-0.15, -0.1) is 0 Å². The third-order valence-corrected chi connectivity index (χ3v) is 7.11. The zero-order chi connectivity index (χ0) is 21.7. The largest absolute Gasteiger partial charge is 0.493 e. The minimum absolute atomic E-state index is 0.0271. The number of hydrogen-bond acceptors (Lipinski definition) is 4. The van der Waals surface area contributed by atoms with Crippen LogP contribution in [0.1, 0.15) is 38.5 Å². The molecule has 0 amide bonds. The van der Waals surface area contributed by atoms with E-state index in [4.69, 9.17) is 9.72 Å². The van der Waals surface area contributed by atoms with Gasteiger partial charge in [0.1, 0.15) is 11.3 Å². The molecule has 7 heteroatoms. The molecule has 3 aromatic heterocycles. The van der Waals surface area contributed by atoms with Crippen LogP contribution in [0.15, 0.2) is 35.4 Å². The van der Waals surface area contributed by atoms with Crippen LogP contribution in [0.2, 0.25) is 0 Å². The summed E-state index contributed by atoms with van der Waals surface area (Å²) >= 11 is 0. The summed E-state index contributed by atoms with van der Waals surface area (Å²) < 4.78 is 8.03. The topological polar surface area (TPSA) is 78.9 Å². The molecular formula is C25H29N5O2. The smallest absolute Gasteiger partial charge is 0.274 e. The fourth-order valence-electron chi connectivity index (χ4n) is 4.96. The number of nitrogens with one attached hydrogen (secondary N) is 2. The number of pyridine rings is 1. The molecule has 0 spiro atoms. The minimum Gasteiger partial charge on any atom is -0.493 e. The van der Waals surface area contributed by atoms with Crippen molar-refractivity contribution >= 4 is 27.9 Å². The van der Waals surface area contributed by atoms with E-state index >= 15 is 0 Å². The Morgan fingerprint density at radius 3 is 2.75 bits per heavy atom. The number of piperidine rings is 1. The Morgan fingerprint density at radius 1 is 1.12 bits per heavy atom. The van der Waals surface area contributed by atoms with Crippen molar-refractivity contribution in [3.05, 3.63) is 40.9 Å². The number of aryl methyl sites for hydroxylation is 1. The highest BCUT2D eigenvalue weighted by Crippen LogP contribution is 2.38. The molecule has 1 aliphatic carbocycles. The normalized spacial score (nSPS) is 17.2. The predicted octanol–water partition coefficient (Wildman–Crippen LogP) is 4.58. The van der Waals surface area contributed by atoms with Crippen molar-refractivity contribution in [3.8, 4) is 16.9 Å². The van der Waals surface area contributed by atoms with Crippen molar-refractivity contribution in [3.63, 3.8) is 0 Å². The molecule has 0 atom stereocenters. The van der Waals surface area contributed by atoms with E-state index in [9.17, 15) is 4.79 Å². The summed E-state index contributed by atoms with van der Waals surface area (Å²) in [6.45, 7) is 2.81. The fourth-order valence-corrected chi connectivity index (χ4v) is 4.96. The summed E-state index contributed by atoms with van der Waals surface area (Å²) in [5, 5.41) is 0.914. The molecule has 32 heavy (non-hydrogen) atoms. The van der Waals surface area contributed by atoms with Crippen molar-refractivity contribution in [1.82, 2.24) is 19.5 Å². The molecule has 2 N–H and O–H groups in total. The maximum Gasteiger partial charge on any atom is 0.274 e. The van der Waals surface area contributed by atoms with Gasteiger partial charge in [-0.05, 0) is 50.2 Å². The Hall–Kier alpha value is -3.22. The van der Waals surface area contributed by atoms with E-state index in [0.717, 1.165) is 58.9 Å². The van der Waals surface area contributed by atoms with Gasteiger partial charge in [-0.2, -0.15) is 0 Å². The number of fused-ring (bicyclic) bond motifs is 2. The molecule has 2 fully saturated rings. The van der Waals surface area contributed by atoms with Gasteiger partial charge < -0.3 is 24.2 Å². The maximum atomic E-state index is 12.6. The van der Waals surface area contributed by atoms with Crippen molar-refractivity contribution in [1.29, 1.82) is 0 Å². The van der Waals surface area contributed by atoms with Crippen molar-refractivity contribution in [2.24, 2.45) is 13.0 Å². The lowest BCUT2D eigenvalue weighted by atomic mass is 9.86. The van der Waals surface area contributed by atoms with E-state index in [1.165, 1.54) is 38.5 Å². The number of rotatable bonds is 5. The number of H-pyrrole nitrogens is 2. The van der Waals surface area contributed by atoms with E-state index < -0.39 is 0 Å². The Bertz CT molecular complexity index is 1340. The number of benzene rings is 1. The number of hydrogen-bond donors (Lipinski definition) is 2. The van der Waals surface area contributed by atoms with Crippen LogP contribution in [0, 0.1) is 5.92 Å². The monoisotopic (exact) mass is 431 g/mol. The Balaban J connectivity index is 1.49. The van der Waals surface area contributed by atoms with E-state index in [-0.39, 0.29) is 5.56 Å². The van der Waals surface area contributed by atoms with Crippen LogP contribution in [0.4, 0.5) is 5.95 Å². The maximum absolute atomic E-state index is 12.6. The molecule has 4 aromatic rings. The average Bonchev–Trinajstić information content (AvgIpc) is 3.42. The average molecular weight is 432 g/mol. The summed E-state index contributed by atoms with van der Waals surface area (Å²) in [5.74, 6) is 2.41. The van der Waals surface area contributed by atoms with E-state index in [0.29, 0.717) is 11.4 Å². The van der Waals surface area contributed by atoms with Gasteiger partial charge >= 0.3 is 0 Å². The molecule has 0 unspecified atom stereocenters. The molecule has 6 rings (SSSR count). The third kappa shape index (κ3) is 3.27. The molecule has 0 bridgehead atoms. The Morgan fingerprint density at radius 2 is 1.97 bits per heavy atom. The number of aromatic nitrogens is 4. The lowest BCUT2D eigenvalue weighted by Crippen LogP contribution is -2.30. The van der Waals surface area contributed by atoms with E-state index in [2.05, 4.69) is 27.0 Å². The molecule has 166 valence electrons. The predicted molar refractivity (Wildman–Crippen MR) is 128 cm³/mol. The zero-order valence-corrected chi connectivity index (χ0v) is 18.5. The molecular weight excluding hydrogens is 402 g/mol. The first kappa shape index (κ1) is 19.5. The molecule has 1 saturated heterocycles. The Labute approximate surface area is 186 Å². The van der Waals surface area contributed by atoms with E-state index in [1.54, 1.807) is 11.6 Å². The summed E-state index contributed by atoms with van der Waals surface area (Å²) in [6.07, 6.45) is 11.2. The van der Waals surface area contributed by atoms with Gasteiger partial charge in [0, 0.05) is 55.1 Å². The summed E-state index contributed by atoms with van der Waals surface area (Å²) in [4.78, 5) is 26.5. The third-order valence-electron chi connectivity index (χ3n) is 7.11. The standard InChI is InChI=1S/C25H29N5O2/c1-29-14-19(17-8-9-26-23(17)24(29)31)18-12-20-21(13-22(18)32-15-16-6-5-7-16)28-25(27-20)30-10-3-2-4-11-30/h8-9,12-14,16,26H,2-7,10-11,15H2,1H3,(H,27,28). The minimum atomic E-state index is -0.0271. The van der Waals surface area contributed by atoms with Gasteiger partial charge in [-0.3, -0.25) is 4.79 Å². The summed E-state index contributed by atoms with van der Waals surface area (Å²) in [5.41, 5.74) is 4.49. The van der Waals surface area contributed by atoms with Crippen molar-refractivity contribution < 1.29 is 4.74 Å². The van der Waals surface area contributed by atoms with Crippen LogP contribution in [-0.2, 0) is 7.05 Å². The first-order valence-corrected chi connectivity index (χ1v) is 11.8. The van der Waals surface area contributed by atoms with Gasteiger partial charge in [0.05, 0.1) is 17.6 Å². The molecule has 7 nitrogen and oxygen atoms in total. The lowest BCUT2D eigenvalue weighted by molar-refractivity contribution is 0.181. The van der Waals surface area contributed by atoms with Crippen LogP contribution >= 0.6 is 0 Å². The lowest BCUT2D eigenvalue weighted by Gasteiger charge is -2.25. The number of nitrogens with zero attached hydrogens (tertiary/aromatic N) is 3. The van der Waals surface area contributed by atoms with Crippen LogP contribution < -0.4 is 15.2 Å². The highest BCUT2D eigenvalue weighted by atomic mass is 16.5. The van der Waals surface area contributed by atoms with Gasteiger partial charge in [-0.1, -0.05) is 6.42 Å². The molecule has 1 aliphatic heterocycles. The quantitative estimate of drug-likeness (QED) is 0.485. The number of ether oxygens (including phenoxy) is 1. The van der Waals surface area contributed by atoms with Crippen molar-refractivity contribution in [2.45, 2.75) is 38.5 Å². The summed E-state index contributed by atoms with van der Waals surface area (Å²) in [7, 11) is 1.80. The van der Waals surface area contributed by atoms with E-state index in [1.807, 2.05) is 18.5 Å². The van der Waals surface area contributed by atoms with Gasteiger partial charge in [-0.25, -0.2) is 4.98 Å². The molecule has 2 aliphatic rings. The molecule has 0 radical (unpaired) electrons.